The van der Waals surface area contributed by atoms with Gasteiger partial charge in [-0.05, 0) is 79.1 Å². The standard InChI is InChI=1S/C27H29Cl2N3O/c28-21-13-9-18(10-14-21)17-20-5-4-8-24-25(20)31-32(26(24)19-11-15-22(29)16-12-19)27(33)30-23-6-2-1-3-7-23/h9-17,23-24,26H,1-8H2,(H,30,33)/b20-17+/t24-,26+/m1/s1. The lowest BCUT2D eigenvalue weighted by Crippen LogP contribution is -2.44. The Bertz CT molecular complexity index is 1060. The van der Waals surface area contributed by atoms with Gasteiger partial charge in [0.15, 0.2) is 0 Å². The Balaban J connectivity index is 1.48. The Labute approximate surface area is 205 Å². The van der Waals surface area contributed by atoms with Crippen LogP contribution in [0.3, 0.4) is 0 Å². The number of benzene rings is 2. The summed E-state index contributed by atoms with van der Waals surface area (Å²) in [5, 5.41) is 11.4. The number of hydrogen-bond acceptors (Lipinski definition) is 2. The molecule has 0 saturated heterocycles. The summed E-state index contributed by atoms with van der Waals surface area (Å²) < 4.78 is 0. The van der Waals surface area contributed by atoms with Crippen molar-refractivity contribution in [2.45, 2.75) is 63.5 Å². The number of rotatable bonds is 3. The van der Waals surface area contributed by atoms with Gasteiger partial charge in [-0.15, -0.1) is 0 Å². The summed E-state index contributed by atoms with van der Waals surface area (Å²) >= 11 is 12.2. The van der Waals surface area contributed by atoms with Crippen LogP contribution in [-0.2, 0) is 0 Å². The molecule has 2 atom stereocenters. The molecule has 0 spiro atoms. The van der Waals surface area contributed by atoms with Crippen molar-refractivity contribution in [3.8, 4) is 0 Å². The van der Waals surface area contributed by atoms with Crippen molar-refractivity contribution in [3.05, 3.63) is 75.3 Å². The van der Waals surface area contributed by atoms with E-state index in [-0.39, 0.29) is 24.0 Å². The van der Waals surface area contributed by atoms with Gasteiger partial charge in [0, 0.05) is 22.0 Å². The van der Waals surface area contributed by atoms with Gasteiger partial charge in [-0.2, -0.15) is 5.10 Å². The van der Waals surface area contributed by atoms with Crippen molar-refractivity contribution >= 4 is 41.0 Å². The second-order valence-corrected chi connectivity index (χ2v) is 10.2. The topological polar surface area (TPSA) is 44.7 Å². The van der Waals surface area contributed by atoms with Gasteiger partial charge in [0.2, 0.25) is 0 Å². The monoisotopic (exact) mass is 481 g/mol. The first kappa shape index (κ1) is 22.5. The highest BCUT2D eigenvalue weighted by molar-refractivity contribution is 6.30. The number of allylic oxidation sites excluding steroid dienone is 1. The van der Waals surface area contributed by atoms with Crippen LogP contribution in [0.15, 0.2) is 59.2 Å². The van der Waals surface area contributed by atoms with E-state index in [1.165, 1.54) is 24.8 Å². The van der Waals surface area contributed by atoms with Crippen LogP contribution in [0.2, 0.25) is 10.0 Å². The molecule has 3 aliphatic rings. The van der Waals surface area contributed by atoms with Crippen molar-refractivity contribution in [2.24, 2.45) is 11.0 Å². The minimum absolute atomic E-state index is 0.0883. The largest absolute Gasteiger partial charge is 0.338 e. The lowest BCUT2D eigenvalue weighted by Gasteiger charge is -2.31. The Morgan fingerprint density at radius 3 is 2.27 bits per heavy atom. The van der Waals surface area contributed by atoms with E-state index in [1.54, 1.807) is 5.01 Å². The molecule has 0 aromatic heterocycles. The zero-order chi connectivity index (χ0) is 22.8. The Morgan fingerprint density at radius 2 is 1.58 bits per heavy atom. The molecule has 2 aliphatic carbocycles. The van der Waals surface area contributed by atoms with E-state index >= 15 is 0 Å². The third-order valence-electron chi connectivity index (χ3n) is 7.06. The predicted molar refractivity (Wildman–Crippen MR) is 136 cm³/mol. The number of nitrogens with one attached hydrogen (secondary N) is 1. The lowest BCUT2D eigenvalue weighted by atomic mass is 9.77. The van der Waals surface area contributed by atoms with Gasteiger partial charge in [-0.25, -0.2) is 9.80 Å². The van der Waals surface area contributed by atoms with Crippen molar-refractivity contribution in [3.63, 3.8) is 0 Å². The molecule has 5 rings (SSSR count). The Kier molecular flexibility index (Phi) is 6.75. The summed E-state index contributed by atoms with van der Waals surface area (Å²) in [6, 6.07) is 15.8. The number of carbonyl (C=O) groups excluding carboxylic acids is 1. The second-order valence-electron chi connectivity index (χ2n) is 9.33. The van der Waals surface area contributed by atoms with Crippen LogP contribution in [0, 0.1) is 5.92 Å². The third-order valence-corrected chi connectivity index (χ3v) is 7.57. The normalized spacial score (nSPS) is 24.5. The minimum atomic E-state index is -0.116. The molecule has 0 radical (unpaired) electrons. The van der Waals surface area contributed by atoms with E-state index in [9.17, 15) is 4.79 Å². The number of fused-ring (bicyclic) bond motifs is 1. The molecule has 2 saturated carbocycles. The van der Waals surface area contributed by atoms with Crippen LogP contribution in [0.4, 0.5) is 4.79 Å². The number of hydrogen-bond donors (Lipinski definition) is 1. The van der Waals surface area contributed by atoms with Gasteiger partial charge in [-0.3, -0.25) is 0 Å². The van der Waals surface area contributed by atoms with Gasteiger partial charge in [0.1, 0.15) is 0 Å². The molecular formula is C27H29Cl2N3O. The maximum atomic E-state index is 13.5. The highest BCUT2D eigenvalue weighted by Gasteiger charge is 2.44. The van der Waals surface area contributed by atoms with Crippen molar-refractivity contribution in [1.29, 1.82) is 0 Å². The maximum absolute atomic E-state index is 13.5. The highest BCUT2D eigenvalue weighted by atomic mass is 35.5. The van der Waals surface area contributed by atoms with Gasteiger partial charge in [0.25, 0.3) is 0 Å². The fourth-order valence-corrected chi connectivity index (χ4v) is 5.66. The third kappa shape index (κ3) is 4.97. The average molecular weight is 482 g/mol. The van der Waals surface area contributed by atoms with Crippen LogP contribution in [-0.4, -0.2) is 22.8 Å². The summed E-state index contributed by atoms with van der Waals surface area (Å²) in [7, 11) is 0. The molecule has 2 fully saturated rings. The number of nitrogens with zero attached hydrogens (tertiary/aromatic N) is 2. The summed E-state index contributed by atoms with van der Waals surface area (Å²) in [5.41, 5.74) is 4.43. The molecule has 1 N–H and O–H groups in total. The quantitative estimate of drug-likeness (QED) is 0.480. The van der Waals surface area contributed by atoms with E-state index in [0.29, 0.717) is 5.02 Å². The molecule has 0 unspecified atom stereocenters. The molecule has 0 bridgehead atoms. The van der Waals surface area contributed by atoms with Crippen LogP contribution < -0.4 is 5.32 Å². The first-order valence-corrected chi connectivity index (χ1v) is 12.7. The van der Waals surface area contributed by atoms with E-state index in [0.717, 1.165) is 54.0 Å². The summed E-state index contributed by atoms with van der Waals surface area (Å²) in [6.45, 7) is 0. The second kappa shape index (κ2) is 9.90. The van der Waals surface area contributed by atoms with Crippen molar-refractivity contribution in [1.82, 2.24) is 10.3 Å². The van der Waals surface area contributed by atoms with Crippen molar-refractivity contribution in [2.75, 3.05) is 0 Å². The fourth-order valence-electron chi connectivity index (χ4n) is 5.41. The fraction of sp³-hybridized carbons (Fsp3) is 0.407. The van der Waals surface area contributed by atoms with Gasteiger partial charge >= 0.3 is 6.03 Å². The van der Waals surface area contributed by atoms with E-state index in [2.05, 4.69) is 11.4 Å². The number of halogens is 2. The molecule has 33 heavy (non-hydrogen) atoms. The zero-order valence-electron chi connectivity index (χ0n) is 18.6. The van der Waals surface area contributed by atoms with E-state index in [1.807, 2.05) is 48.5 Å². The predicted octanol–water partition coefficient (Wildman–Crippen LogP) is 7.63. The molecule has 2 amide bonds. The number of hydrazone groups is 1. The molecular weight excluding hydrogens is 453 g/mol. The molecule has 1 aliphatic heterocycles. The Morgan fingerprint density at radius 1 is 0.909 bits per heavy atom. The maximum Gasteiger partial charge on any atom is 0.338 e. The smallest absolute Gasteiger partial charge is 0.334 e. The molecule has 6 heteroatoms. The molecule has 1 heterocycles. The number of urea groups is 1. The highest BCUT2D eigenvalue weighted by Crippen LogP contribution is 2.44. The Hall–Kier alpha value is -2.30. The summed E-state index contributed by atoms with van der Waals surface area (Å²) in [6.07, 6.45) is 11.0. The van der Waals surface area contributed by atoms with Crippen LogP contribution in [0.5, 0.6) is 0 Å². The van der Waals surface area contributed by atoms with Gasteiger partial charge < -0.3 is 5.32 Å². The molecule has 172 valence electrons. The zero-order valence-corrected chi connectivity index (χ0v) is 20.2. The van der Waals surface area contributed by atoms with E-state index in [4.69, 9.17) is 28.3 Å². The number of carbonyl (C=O) groups is 1. The van der Waals surface area contributed by atoms with Gasteiger partial charge in [0.05, 0.1) is 11.8 Å². The SMILES string of the molecule is O=C(NC1CCCCC1)N1N=C2/C(=C/c3ccc(Cl)cc3)CCC[C@H]2[C@@H]1c1ccc(Cl)cc1. The summed E-state index contributed by atoms with van der Waals surface area (Å²) in [4.78, 5) is 13.5. The molecule has 2 aromatic rings. The summed E-state index contributed by atoms with van der Waals surface area (Å²) in [5.74, 6) is 0.176. The molecule has 4 nitrogen and oxygen atoms in total. The van der Waals surface area contributed by atoms with Crippen LogP contribution in [0.1, 0.15) is 68.5 Å². The first-order valence-electron chi connectivity index (χ1n) is 12.0. The average Bonchev–Trinajstić information content (AvgIpc) is 3.23. The van der Waals surface area contributed by atoms with Crippen molar-refractivity contribution < 1.29 is 4.79 Å². The number of amides is 2. The molecule has 2 aromatic carbocycles. The van der Waals surface area contributed by atoms with Crippen LogP contribution >= 0.6 is 23.2 Å². The minimum Gasteiger partial charge on any atom is -0.334 e. The van der Waals surface area contributed by atoms with Crippen LogP contribution in [0.25, 0.3) is 6.08 Å². The van der Waals surface area contributed by atoms with Gasteiger partial charge in [-0.1, -0.05) is 66.7 Å². The lowest BCUT2D eigenvalue weighted by molar-refractivity contribution is 0.167. The van der Waals surface area contributed by atoms with E-state index < -0.39 is 0 Å². The first-order chi connectivity index (χ1) is 16.1.